The second kappa shape index (κ2) is 7.98. The summed E-state index contributed by atoms with van der Waals surface area (Å²) in [4.78, 5) is 27.2. The number of amides is 2. The van der Waals surface area contributed by atoms with Crippen LogP contribution in [0.15, 0.2) is 53.1 Å². The average Bonchev–Trinajstić information content (AvgIpc) is 3.20. The van der Waals surface area contributed by atoms with Crippen LogP contribution in [0.25, 0.3) is 0 Å². The van der Waals surface area contributed by atoms with E-state index >= 15 is 0 Å². The van der Waals surface area contributed by atoms with E-state index in [0.717, 1.165) is 12.8 Å². The van der Waals surface area contributed by atoms with E-state index in [-0.39, 0.29) is 18.4 Å². The summed E-state index contributed by atoms with van der Waals surface area (Å²) in [5.41, 5.74) is 0.576. The van der Waals surface area contributed by atoms with Crippen molar-refractivity contribution >= 4 is 11.8 Å². The van der Waals surface area contributed by atoms with Crippen LogP contribution in [0.4, 0.5) is 0 Å². The van der Waals surface area contributed by atoms with Crippen molar-refractivity contribution in [2.24, 2.45) is 0 Å². The number of hydrogen-bond donors (Lipinski definition) is 2. The highest BCUT2D eigenvalue weighted by Gasteiger charge is 2.33. The zero-order valence-corrected chi connectivity index (χ0v) is 13.9. The molecule has 0 bridgehead atoms. The molecule has 1 aromatic heterocycles. The molecule has 2 heterocycles. The maximum atomic E-state index is 12.8. The van der Waals surface area contributed by atoms with Gasteiger partial charge in [0.05, 0.1) is 12.9 Å². The highest BCUT2D eigenvalue weighted by molar-refractivity contribution is 5.97. The van der Waals surface area contributed by atoms with Crippen molar-refractivity contribution in [2.45, 2.75) is 31.3 Å². The molecule has 25 heavy (non-hydrogen) atoms. The molecule has 6 heteroatoms. The molecule has 1 aliphatic heterocycles. The number of carbonyl (C=O) groups excluding carboxylic acids is 2. The molecular weight excluding hydrogens is 320 g/mol. The number of hydrogen-bond acceptors (Lipinski definition) is 4. The van der Waals surface area contributed by atoms with Gasteiger partial charge in [0.15, 0.2) is 0 Å². The molecule has 2 N–H and O–H groups in total. The molecule has 1 aliphatic rings. The van der Waals surface area contributed by atoms with Crippen molar-refractivity contribution in [2.75, 3.05) is 13.2 Å². The molecule has 0 radical (unpaired) electrons. The van der Waals surface area contributed by atoms with Crippen LogP contribution in [0, 0.1) is 0 Å². The van der Waals surface area contributed by atoms with Crippen LogP contribution in [0.1, 0.15) is 41.4 Å². The van der Waals surface area contributed by atoms with Gasteiger partial charge in [0.1, 0.15) is 17.8 Å². The van der Waals surface area contributed by atoms with Gasteiger partial charge in [-0.05, 0) is 43.5 Å². The third-order valence-corrected chi connectivity index (χ3v) is 4.47. The van der Waals surface area contributed by atoms with Gasteiger partial charge in [0.25, 0.3) is 5.91 Å². The smallest absolute Gasteiger partial charge is 0.254 e. The van der Waals surface area contributed by atoms with E-state index in [9.17, 15) is 14.7 Å². The first-order valence-corrected chi connectivity index (χ1v) is 8.51. The first-order chi connectivity index (χ1) is 12.2. The Hall–Kier alpha value is -2.60. The van der Waals surface area contributed by atoms with Crippen LogP contribution < -0.4 is 5.32 Å². The number of benzene rings is 1. The van der Waals surface area contributed by atoms with Crippen molar-refractivity contribution in [3.63, 3.8) is 0 Å². The summed E-state index contributed by atoms with van der Waals surface area (Å²) in [6, 6.07) is 11.2. The predicted molar refractivity (Wildman–Crippen MR) is 91.8 cm³/mol. The Labute approximate surface area is 146 Å². The van der Waals surface area contributed by atoms with E-state index < -0.39 is 12.1 Å². The highest BCUT2D eigenvalue weighted by Crippen LogP contribution is 2.21. The minimum atomic E-state index is -0.613. The van der Waals surface area contributed by atoms with Crippen molar-refractivity contribution < 1.29 is 19.1 Å². The fraction of sp³-hybridized carbons (Fsp3) is 0.368. The van der Waals surface area contributed by atoms with E-state index in [1.165, 1.54) is 6.26 Å². The summed E-state index contributed by atoms with van der Waals surface area (Å²) >= 11 is 0. The van der Waals surface area contributed by atoms with Gasteiger partial charge in [0.2, 0.25) is 5.91 Å². The van der Waals surface area contributed by atoms with E-state index in [4.69, 9.17) is 4.42 Å². The van der Waals surface area contributed by atoms with Gasteiger partial charge in [-0.2, -0.15) is 0 Å². The molecular formula is C19H22N2O4. The summed E-state index contributed by atoms with van der Waals surface area (Å²) < 4.78 is 5.26. The maximum Gasteiger partial charge on any atom is 0.254 e. The molecule has 2 unspecified atom stereocenters. The molecule has 1 saturated heterocycles. The van der Waals surface area contributed by atoms with Gasteiger partial charge in [-0.15, -0.1) is 0 Å². The first kappa shape index (κ1) is 17.2. The fourth-order valence-corrected chi connectivity index (χ4v) is 3.16. The maximum absolute atomic E-state index is 12.8. The third kappa shape index (κ3) is 3.91. The SMILES string of the molecule is O=C(NC(CO)c1ccco1)C1CCCCN1C(=O)c1ccccc1. The van der Waals surface area contributed by atoms with Crippen LogP contribution in [-0.4, -0.2) is 41.0 Å². The molecule has 2 aromatic rings. The van der Waals surface area contributed by atoms with Crippen LogP contribution in [0.5, 0.6) is 0 Å². The Bertz CT molecular complexity index is 699. The number of nitrogens with zero attached hydrogens (tertiary/aromatic N) is 1. The predicted octanol–water partition coefficient (Wildman–Crippen LogP) is 2.12. The quantitative estimate of drug-likeness (QED) is 0.872. The normalized spacial score (nSPS) is 18.6. The summed E-state index contributed by atoms with van der Waals surface area (Å²) in [5.74, 6) is 0.0889. The first-order valence-electron chi connectivity index (χ1n) is 8.51. The zero-order valence-electron chi connectivity index (χ0n) is 13.9. The van der Waals surface area contributed by atoms with Crippen LogP contribution in [-0.2, 0) is 4.79 Å². The number of carbonyl (C=O) groups is 2. The summed E-state index contributed by atoms with van der Waals surface area (Å²) in [6.45, 7) is 0.287. The highest BCUT2D eigenvalue weighted by atomic mass is 16.3. The van der Waals surface area contributed by atoms with Gasteiger partial charge in [-0.1, -0.05) is 18.2 Å². The zero-order chi connectivity index (χ0) is 17.6. The number of rotatable bonds is 5. The second-order valence-electron chi connectivity index (χ2n) is 6.14. The van der Waals surface area contributed by atoms with Crippen LogP contribution in [0.2, 0.25) is 0 Å². The van der Waals surface area contributed by atoms with Crippen molar-refractivity contribution in [1.29, 1.82) is 0 Å². The lowest BCUT2D eigenvalue weighted by molar-refractivity contribution is -0.127. The van der Waals surface area contributed by atoms with Crippen molar-refractivity contribution in [3.8, 4) is 0 Å². The lowest BCUT2D eigenvalue weighted by Gasteiger charge is -2.35. The molecule has 132 valence electrons. The van der Waals surface area contributed by atoms with Crippen LogP contribution >= 0.6 is 0 Å². The standard InChI is InChI=1S/C19H22N2O4/c22-13-15(17-10-6-12-25-17)20-18(23)16-9-4-5-11-21(16)19(24)14-7-2-1-3-8-14/h1-3,6-8,10,12,15-16,22H,4-5,9,11,13H2,(H,20,23). The summed E-state index contributed by atoms with van der Waals surface area (Å²) in [5, 5.41) is 12.3. The lowest BCUT2D eigenvalue weighted by atomic mass is 9.99. The topological polar surface area (TPSA) is 82.8 Å². The number of aliphatic hydroxyl groups excluding tert-OH is 1. The van der Waals surface area contributed by atoms with E-state index in [1.54, 1.807) is 29.2 Å². The van der Waals surface area contributed by atoms with Gasteiger partial charge >= 0.3 is 0 Å². The Morgan fingerprint density at radius 3 is 2.68 bits per heavy atom. The Morgan fingerprint density at radius 1 is 1.20 bits per heavy atom. The summed E-state index contributed by atoms with van der Waals surface area (Å²) in [6.07, 6.45) is 3.88. The lowest BCUT2D eigenvalue weighted by Crippen LogP contribution is -2.52. The molecule has 0 saturated carbocycles. The monoisotopic (exact) mass is 342 g/mol. The van der Waals surface area contributed by atoms with Gasteiger partial charge < -0.3 is 19.7 Å². The minimum absolute atomic E-state index is 0.140. The van der Waals surface area contributed by atoms with E-state index in [2.05, 4.69) is 5.32 Å². The fourth-order valence-electron chi connectivity index (χ4n) is 3.16. The average molecular weight is 342 g/mol. The second-order valence-corrected chi connectivity index (χ2v) is 6.14. The number of likely N-dealkylation sites (tertiary alicyclic amines) is 1. The van der Waals surface area contributed by atoms with Crippen LogP contribution in [0.3, 0.4) is 0 Å². The van der Waals surface area contributed by atoms with E-state index in [1.807, 2.05) is 18.2 Å². The number of aliphatic hydroxyl groups is 1. The van der Waals surface area contributed by atoms with Gasteiger partial charge in [0, 0.05) is 12.1 Å². The molecule has 1 aromatic carbocycles. The molecule has 0 spiro atoms. The van der Waals surface area contributed by atoms with Crippen molar-refractivity contribution in [1.82, 2.24) is 10.2 Å². The Morgan fingerprint density at radius 2 is 2.00 bits per heavy atom. The Balaban J connectivity index is 1.74. The van der Waals surface area contributed by atoms with Crippen molar-refractivity contribution in [3.05, 3.63) is 60.1 Å². The third-order valence-electron chi connectivity index (χ3n) is 4.47. The number of piperidine rings is 1. The largest absolute Gasteiger partial charge is 0.467 e. The molecule has 2 amide bonds. The number of nitrogens with one attached hydrogen (secondary N) is 1. The van der Waals surface area contributed by atoms with E-state index in [0.29, 0.717) is 24.3 Å². The molecule has 6 nitrogen and oxygen atoms in total. The summed E-state index contributed by atoms with van der Waals surface area (Å²) in [7, 11) is 0. The van der Waals surface area contributed by atoms with Gasteiger partial charge in [-0.25, -0.2) is 0 Å². The molecule has 1 fully saturated rings. The minimum Gasteiger partial charge on any atom is -0.467 e. The Kier molecular flexibility index (Phi) is 5.50. The number of furan rings is 1. The molecule has 2 atom stereocenters. The molecule has 3 rings (SSSR count). The van der Waals surface area contributed by atoms with Gasteiger partial charge in [-0.3, -0.25) is 9.59 Å². The molecule has 0 aliphatic carbocycles.